The fourth-order valence-electron chi connectivity index (χ4n) is 7.08. The fourth-order valence-corrected chi connectivity index (χ4v) is 7.08. The Morgan fingerprint density at radius 1 is 0.906 bits per heavy atom. The lowest BCUT2D eigenvalue weighted by Crippen LogP contribution is -2.51. The molecule has 2 aromatic rings. The van der Waals surface area contributed by atoms with Gasteiger partial charge in [-0.15, -0.1) is 0 Å². The molecule has 3 saturated carbocycles. The van der Waals surface area contributed by atoms with Crippen LogP contribution in [0.5, 0.6) is 0 Å². The molecule has 2 heterocycles. The predicted molar refractivity (Wildman–Crippen MR) is 127 cm³/mol. The molecular formula is C28H37N3O. The first-order valence-electron chi connectivity index (χ1n) is 13.2. The zero-order valence-corrected chi connectivity index (χ0v) is 19.3. The molecule has 4 nitrogen and oxygen atoms in total. The molecule has 32 heavy (non-hydrogen) atoms. The minimum Gasteiger partial charge on any atom is -0.337 e. The van der Waals surface area contributed by atoms with E-state index in [2.05, 4.69) is 45.0 Å². The summed E-state index contributed by atoms with van der Waals surface area (Å²) in [6.45, 7) is 0.999. The summed E-state index contributed by atoms with van der Waals surface area (Å²) in [6, 6.07) is 11.2. The van der Waals surface area contributed by atoms with Crippen LogP contribution < -0.4 is 0 Å². The van der Waals surface area contributed by atoms with Crippen LogP contribution in [-0.2, 0) is 4.79 Å². The molecule has 1 saturated heterocycles. The predicted octanol–water partition coefficient (Wildman–Crippen LogP) is 6.35. The van der Waals surface area contributed by atoms with Crippen molar-refractivity contribution < 1.29 is 4.79 Å². The highest BCUT2D eigenvalue weighted by molar-refractivity contribution is 5.80. The zero-order valence-electron chi connectivity index (χ0n) is 19.3. The van der Waals surface area contributed by atoms with E-state index in [9.17, 15) is 4.79 Å². The van der Waals surface area contributed by atoms with Crippen LogP contribution in [0.3, 0.4) is 0 Å². The van der Waals surface area contributed by atoms with Crippen LogP contribution in [0.15, 0.2) is 36.5 Å². The Morgan fingerprint density at radius 3 is 2.59 bits per heavy atom. The first-order chi connectivity index (χ1) is 15.7. The summed E-state index contributed by atoms with van der Waals surface area (Å²) in [5, 5.41) is 4.63. The molecule has 6 rings (SSSR count). The Morgan fingerprint density at radius 2 is 1.75 bits per heavy atom. The molecule has 2 atom stereocenters. The van der Waals surface area contributed by atoms with E-state index in [1.807, 2.05) is 6.20 Å². The Labute approximate surface area is 192 Å². The van der Waals surface area contributed by atoms with E-state index < -0.39 is 0 Å². The third-order valence-corrected chi connectivity index (χ3v) is 8.92. The smallest absolute Gasteiger partial charge is 0.226 e. The van der Waals surface area contributed by atoms with Gasteiger partial charge in [0, 0.05) is 35.8 Å². The molecule has 0 N–H and O–H groups in total. The Balaban J connectivity index is 1.20. The summed E-state index contributed by atoms with van der Waals surface area (Å²) >= 11 is 0. The number of hydrogen-bond donors (Lipinski definition) is 0. The number of aromatic nitrogens is 2. The van der Waals surface area contributed by atoms with E-state index in [1.165, 1.54) is 87.6 Å². The Hall–Kier alpha value is -2.10. The van der Waals surface area contributed by atoms with Crippen LogP contribution in [0.2, 0.25) is 0 Å². The van der Waals surface area contributed by atoms with Gasteiger partial charge in [-0.2, -0.15) is 5.10 Å². The SMILES string of the molecule is O=C(C1CCCC(c2cccc(-n3nccc3C3CC3)c2)C1)N1CCCC12CCCCC2. The minimum atomic E-state index is 0.209. The number of amides is 1. The summed E-state index contributed by atoms with van der Waals surface area (Å²) < 4.78 is 2.14. The van der Waals surface area contributed by atoms with Gasteiger partial charge in [0.25, 0.3) is 0 Å². The first kappa shape index (κ1) is 20.5. The molecule has 1 spiro atoms. The van der Waals surface area contributed by atoms with Gasteiger partial charge < -0.3 is 4.90 Å². The molecule has 1 amide bonds. The van der Waals surface area contributed by atoms with Crippen molar-refractivity contribution in [3.05, 3.63) is 47.8 Å². The summed E-state index contributed by atoms with van der Waals surface area (Å²) in [6.07, 6.45) is 17.9. The molecule has 170 valence electrons. The summed E-state index contributed by atoms with van der Waals surface area (Å²) in [5.74, 6) is 1.86. The van der Waals surface area contributed by atoms with Crippen molar-refractivity contribution in [1.82, 2.24) is 14.7 Å². The largest absolute Gasteiger partial charge is 0.337 e. The van der Waals surface area contributed by atoms with Crippen LogP contribution in [-0.4, -0.2) is 32.7 Å². The molecule has 4 fully saturated rings. The summed E-state index contributed by atoms with van der Waals surface area (Å²) in [7, 11) is 0. The normalized spacial score (nSPS) is 27.7. The molecular weight excluding hydrogens is 394 g/mol. The quantitative estimate of drug-likeness (QED) is 0.566. The molecule has 3 aliphatic carbocycles. The summed E-state index contributed by atoms with van der Waals surface area (Å²) in [4.78, 5) is 16.1. The molecule has 2 unspecified atom stereocenters. The number of carbonyl (C=O) groups excluding carboxylic acids is 1. The van der Waals surface area contributed by atoms with Crippen molar-refractivity contribution in [2.24, 2.45) is 5.92 Å². The van der Waals surface area contributed by atoms with Crippen molar-refractivity contribution >= 4 is 5.91 Å². The van der Waals surface area contributed by atoms with Gasteiger partial charge in [0.05, 0.1) is 5.69 Å². The van der Waals surface area contributed by atoms with E-state index in [0.29, 0.717) is 17.7 Å². The highest BCUT2D eigenvalue weighted by Gasteiger charge is 2.46. The van der Waals surface area contributed by atoms with Crippen LogP contribution >= 0.6 is 0 Å². The van der Waals surface area contributed by atoms with Crippen LogP contribution in [0, 0.1) is 5.92 Å². The standard InChI is InChI=1S/C28H37N3O/c32-27(30-18-6-16-28(30)14-2-1-3-15-28)24-9-4-7-22(19-24)23-8-5-10-25(20-23)31-26(13-17-29-31)21-11-12-21/h5,8,10,13,17,20-22,24H,1-4,6-7,9,11-12,14-16,18-19H2. The lowest BCUT2D eigenvalue weighted by molar-refractivity contribution is -0.142. The van der Waals surface area contributed by atoms with Crippen molar-refractivity contribution in [1.29, 1.82) is 0 Å². The van der Waals surface area contributed by atoms with Crippen molar-refractivity contribution in [3.63, 3.8) is 0 Å². The monoisotopic (exact) mass is 431 g/mol. The molecule has 0 bridgehead atoms. The average Bonchev–Trinajstić information content (AvgIpc) is 3.44. The second-order valence-electron chi connectivity index (χ2n) is 11.0. The Kier molecular flexibility index (Phi) is 5.35. The van der Waals surface area contributed by atoms with Gasteiger partial charge in [-0.1, -0.05) is 37.8 Å². The third-order valence-electron chi connectivity index (χ3n) is 8.92. The molecule has 4 aliphatic rings. The summed E-state index contributed by atoms with van der Waals surface area (Å²) in [5.41, 5.74) is 4.14. The van der Waals surface area contributed by atoms with Gasteiger partial charge >= 0.3 is 0 Å². The number of likely N-dealkylation sites (tertiary alicyclic amines) is 1. The van der Waals surface area contributed by atoms with Crippen LogP contribution in [0.1, 0.15) is 107 Å². The van der Waals surface area contributed by atoms with E-state index in [0.717, 1.165) is 19.4 Å². The molecule has 1 aliphatic heterocycles. The second-order valence-corrected chi connectivity index (χ2v) is 11.0. The number of carbonyl (C=O) groups is 1. The molecule has 0 radical (unpaired) electrons. The van der Waals surface area contributed by atoms with E-state index in [1.54, 1.807) is 0 Å². The molecule has 1 aromatic carbocycles. The average molecular weight is 432 g/mol. The number of rotatable bonds is 4. The van der Waals surface area contributed by atoms with E-state index in [4.69, 9.17) is 0 Å². The lowest BCUT2D eigenvalue weighted by Gasteiger charge is -2.44. The van der Waals surface area contributed by atoms with Gasteiger partial charge in [0.1, 0.15) is 0 Å². The highest BCUT2D eigenvalue weighted by Crippen LogP contribution is 2.45. The minimum absolute atomic E-state index is 0.209. The van der Waals surface area contributed by atoms with E-state index in [-0.39, 0.29) is 11.5 Å². The highest BCUT2D eigenvalue weighted by atomic mass is 16.2. The van der Waals surface area contributed by atoms with Gasteiger partial charge in [0.2, 0.25) is 5.91 Å². The molecule has 1 aromatic heterocycles. The van der Waals surface area contributed by atoms with Crippen molar-refractivity contribution in [3.8, 4) is 5.69 Å². The van der Waals surface area contributed by atoms with E-state index >= 15 is 0 Å². The lowest BCUT2D eigenvalue weighted by atomic mass is 9.75. The number of benzene rings is 1. The first-order valence-corrected chi connectivity index (χ1v) is 13.2. The van der Waals surface area contributed by atoms with Crippen molar-refractivity contribution in [2.45, 2.75) is 101 Å². The van der Waals surface area contributed by atoms with Crippen molar-refractivity contribution in [2.75, 3.05) is 6.54 Å². The maximum absolute atomic E-state index is 13.7. The number of nitrogens with zero attached hydrogens (tertiary/aromatic N) is 3. The third kappa shape index (κ3) is 3.70. The Bertz CT molecular complexity index is 969. The molecule has 4 heteroatoms. The maximum Gasteiger partial charge on any atom is 0.226 e. The van der Waals surface area contributed by atoms with Gasteiger partial charge in [-0.05, 0) is 87.5 Å². The maximum atomic E-state index is 13.7. The van der Waals surface area contributed by atoms with Crippen LogP contribution in [0.25, 0.3) is 5.69 Å². The number of hydrogen-bond acceptors (Lipinski definition) is 2. The zero-order chi connectivity index (χ0) is 21.5. The van der Waals surface area contributed by atoms with Gasteiger partial charge in [-0.3, -0.25) is 4.79 Å². The fraction of sp³-hybridized carbons (Fsp3) is 0.643. The topological polar surface area (TPSA) is 38.1 Å². The van der Waals surface area contributed by atoms with Crippen LogP contribution in [0.4, 0.5) is 0 Å². The second kappa shape index (κ2) is 8.35. The van der Waals surface area contributed by atoms with Gasteiger partial charge in [-0.25, -0.2) is 4.68 Å². The van der Waals surface area contributed by atoms with Gasteiger partial charge in [0.15, 0.2) is 0 Å².